The number of carbonyl (C=O) groups excluding carboxylic acids is 1. The summed E-state index contributed by atoms with van der Waals surface area (Å²) >= 11 is 3.32. The van der Waals surface area contributed by atoms with Crippen LogP contribution in [0.3, 0.4) is 0 Å². The van der Waals surface area contributed by atoms with Crippen LogP contribution in [0, 0.1) is 0 Å². The Bertz CT molecular complexity index is 1060. The van der Waals surface area contributed by atoms with Crippen LogP contribution in [0.1, 0.15) is 43.6 Å². The number of thiazole rings is 1. The smallest absolute Gasteiger partial charge is 0.226 e. The number of nitrogens with zero attached hydrogens (tertiary/aromatic N) is 2. The molecule has 31 heavy (non-hydrogen) atoms. The molecular formula is C23H28N4O2S2. The van der Waals surface area contributed by atoms with Gasteiger partial charge >= 0.3 is 0 Å². The number of pyridine rings is 1. The quantitative estimate of drug-likeness (QED) is 0.490. The summed E-state index contributed by atoms with van der Waals surface area (Å²) in [7, 11) is 1.62. The maximum Gasteiger partial charge on any atom is 0.226 e. The van der Waals surface area contributed by atoms with Gasteiger partial charge in [0.05, 0.1) is 18.4 Å². The van der Waals surface area contributed by atoms with E-state index in [1.54, 1.807) is 36.0 Å². The summed E-state index contributed by atoms with van der Waals surface area (Å²) in [5.41, 5.74) is 4.18. The van der Waals surface area contributed by atoms with E-state index in [0.29, 0.717) is 24.9 Å². The van der Waals surface area contributed by atoms with Crippen molar-refractivity contribution < 1.29 is 9.53 Å². The van der Waals surface area contributed by atoms with E-state index in [1.165, 1.54) is 23.3 Å². The van der Waals surface area contributed by atoms with Crippen molar-refractivity contribution in [2.45, 2.75) is 52.0 Å². The van der Waals surface area contributed by atoms with E-state index in [4.69, 9.17) is 9.72 Å². The Balaban J connectivity index is 1.64. The third-order valence-electron chi connectivity index (χ3n) is 5.29. The summed E-state index contributed by atoms with van der Waals surface area (Å²) in [5, 5.41) is 10.4. The highest BCUT2D eigenvalue weighted by molar-refractivity contribution is 7.18. The number of fused-ring (bicyclic) bond motifs is 1. The number of rotatable bonds is 8. The molecular weight excluding hydrogens is 428 g/mol. The van der Waals surface area contributed by atoms with Gasteiger partial charge < -0.3 is 15.4 Å². The van der Waals surface area contributed by atoms with E-state index >= 15 is 0 Å². The van der Waals surface area contributed by atoms with Gasteiger partial charge in [0.2, 0.25) is 11.8 Å². The Kier molecular flexibility index (Phi) is 6.99. The molecule has 2 N–H and O–H groups in total. The lowest BCUT2D eigenvalue weighted by Gasteiger charge is -2.12. The second-order valence-electron chi connectivity index (χ2n) is 7.92. The molecule has 0 fully saturated rings. The van der Waals surface area contributed by atoms with Gasteiger partial charge in [-0.2, -0.15) is 0 Å². The lowest BCUT2D eigenvalue weighted by Crippen LogP contribution is -2.27. The van der Waals surface area contributed by atoms with Crippen molar-refractivity contribution in [1.82, 2.24) is 15.3 Å². The number of nitrogens with one attached hydrogen (secondary N) is 2. The van der Waals surface area contributed by atoms with Gasteiger partial charge in [-0.3, -0.25) is 4.79 Å². The Morgan fingerprint density at radius 2 is 2.13 bits per heavy atom. The number of methoxy groups -OCH3 is 1. The Morgan fingerprint density at radius 3 is 2.94 bits per heavy atom. The first-order chi connectivity index (χ1) is 15.1. The largest absolute Gasteiger partial charge is 0.481 e. The normalized spacial score (nSPS) is 13.3. The number of thiophene rings is 1. The van der Waals surface area contributed by atoms with Crippen molar-refractivity contribution in [3.05, 3.63) is 34.2 Å². The molecule has 0 saturated carbocycles. The van der Waals surface area contributed by atoms with E-state index in [1.807, 2.05) is 17.5 Å². The summed E-state index contributed by atoms with van der Waals surface area (Å²) in [4.78, 5) is 23.2. The Hall–Kier alpha value is -2.29. The van der Waals surface area contributed by atoms with Crippen molar-refractivity contribution in [3.8, 4) is 27.7 Å². The summed E-state index contributed by atoms with van der Waals surface area (Å²) in [6.07, 6.45) is 6.66. The molecule has 0 aliphatic heterocycles. The van der Waals surface area contributed by atoms with Crippen molar-refractivity contribution >= 4 is 33.6 Å². The lowest BCUT2D eigenvalue weighted by molar-refractivity contribution is -0.116. The number of amides is 1. The van der Waals surface area contributed by atoms with Gasteiger partial charge in [0.25, 0.3) is 0 Å². The van der Waals surface area contributed by atoms with Crippen molar-refractivity contribution in [2.75, 3.05) is 19.0 Å². The Labute approximate surface area is 191 Å². The first kappa shape index (κ1) is 21.9. The molecule has 0 bridgehead atoms. The predicted molar refractivity (Wildman–Crippen MR) is 128 cm³/mol. The molecule has 6 nitrogen and oxygen atoms in total. The van der Waals surface area contributed by atoms with Crippen LogP contribution in [-0.2, 0) is 17.6 Å². The fourth-order valence-corrected chi connectivity index (χ4v) is 6.07. The van der Waals surface area contributed by atoms with Crippen LogP contribution in [-0.4, -0.2) is 35.6 Å². The minimum atomic E-state index is 0.0405. The summed E-state index contributed by atoms with van der Waals surface area (Å²) < 4.78 is 5.41. The van der Waals surface area contributed by atoms with E-state index in [9.17, 15) is 4.79 Å². The number of carbonyl (C=O) groups is 1. The fraction of sp³-hybridized carbons (Fsp3) is 0.435. The minimum absolute atomic E-state index is 0.0405. The standard InChI is InChI=1S/C23H28N4O2S2/c1-14(2)24-12-10-19(28)27-23-20(16-7-4-5-9-18(16)31-23)22-26-17(13-30-22)15-8-6-11-25-21(15)29-3/h6,8,11,13-14,24H,4-5,7,9-10,12H2,1-3H3,(H,27,28). The number of hydrogen-bond acceptors (Lipinski definition) is 7. The lowest BCUT2D eigenvalue weighted by atomic mass is 9.95. The summed E-state index contributed by atoms with van der Waals surface area (Å²) in [6, 6.07) is 4.23. The molecule has 164 valence electrons. The minimum Gasteiger partial charge on any atom is -0.481 e. The van der Waals surface area contributed by atoms with Crippen LogP contribution < -0.4 is 15.4 Å². The van der Waals surface area contributed by atoms with Gasteiger partial charge in [-0.1, -0.05) is 13.8 Å². The molecule has 8 heteroatoms. The molecule has 1 aliphatic carbocycles. The van der Waals surface area contributed by atoms with Crippen molar-refractivity contribution in [2.24, 2.45) is 0 Å². The van der Waals surface area contributed by atoms with E-state index in [0.717, 1.165) is 39.7 Å². The maximum absolute atomic E-state index is 12.6. The van der Waals surface area contributed by atoms with E-state index in [-0.39, 0.29) is 5.91 Å². The SMILES string of the molecule is COc1ncccc1-c1csc(-c2c(NC(=O)CCNC(C)C)sc3c2CCCC3)n1. The second-order valence-corrected chi connectivity index (χ2v) is 9.88. The Morgan fingerprint density at radius 1 is 1.29 bits per heavy atom. The van der Waals surface area contributed by atoms with Gasteiger partial charge in [-0.25, -0.2) is 9.97 Å². The third-order valence-corrected chi connectivity index (χ3v) is 7.35. The highest BCUT2D eigenvalue weighted by atomic mass is 32.1. The first-order valence-corrected chi connectivity index (χ1v) is 12.4. The van der Waals surface area contributed by atoms with Crippen LogP contribution >= 0.6 is 22.7 Å². The maximum atomic E-state index is 12.6. The average Bonchev–Trinajstić information content (AvgIpc) is 3.37. The zero-order valence-corrected chi connectivity index (χ0v) is 19.8. The second kappa shape index (κ2) is 9.89. The first-order valence-electron chi connectivity index (χ1n) is 10.7. The monoisotopic (exact) mass is 456 g/mol. The topological polar surface area (TPSA) is 76.1 Å². The summed E-state index contributed by atoms with van der Waals surface area (Å²) in [6.45, 7) is 4.84. The van der Waals surface area contributed by atoms with E-state index in [2.05, 4.69) is 29.5 Å². The van der Waals surface area contributed by atoms with Crippen LogP contribution in [0.15, 0.2) is 23.7 Å². The molecule has 4 rings (SSSR count). The van der Waals surface area contributed by atoms with Crippen LogP contribution in [0.4, 0.5) is 5.00 Å². The molecule has 1 amide bonds. The molecule has 0 unspecified atom stereocenters. The van der Waals surface area contributed by atoms with Gasteiger partial charge in [0, 0.05) is 41.0 Å². The molecule has 3 aromatic heterocycles. The highest BCUT2D eigenvalue weighted by Gasteiger charge is 2.25. The highest BCUT2D eigenvalue weighted by Crippen LogP contribution is 2.46. The average molecular weight is 457 g/mol. The van der Waals surface area contributed by atoms with E-state index < -0.39 is 0 Å². The predicted octanol–water partition coefficient (Wildman–Crippen LogP) is 5.15. The molecule has 0 atom stereocenters. The number of aromatic nitrogens is 2. The van der Waals surface area contributed by atoms with Gasteiger partial charge in [-0.15, -0.1) is 22.7 Å². The number of hydrogen-bond donors (Lipinski definition) is 2. The zero-order valence-electron chi connectivity index (χ0n) is 18.2. The fourth-order valence-electron chi connectivity index (χ4n) is 3.80. The molecule has 0 aromatic carbocycles. The van der Waals surface area contributed by atoms with Crippen molar-refractivity contribution in [3.63, 3.8) is 0 Å². The third kappa shape index (κ3) is 4.97. The van der Waals surface area contributed by atoms with Crippen LogP contribution in [0.25, 0.3) is 21.8 Å². The van der Waals surface area contributed by atoms with Gasteiger partial charge in [0.1, 0.15) is 10.0 Å². The summed E-state index contributed by atoms with van der Waals surface area (Å²) in [5.74, 6) is 0.608. The van der Waals surface area contributed by atoms with Crippen LogP contribution in [0.2, 0.25) is 0 Å². The molecule has 0 radical (unpaired) electrons. The molecule has 3 aromatic rings. The molecule has 3 heterocycles. The number of ether oxygens (including phenoxy) is 1. The van der Waals surface area contributed by atoms with Crippen molar-refractivity contribution in [1.29, 1.82) is 0 Å². The number of aryl methyl sites for hydroxylation is 1. The van der Waals surface area contributed by atoms with Gasteiger partial charge in [0.15, 0.2) is 0 Å². The van der Waals surface area contributed by atoms with Gasteiger partial charge in [-0.05, 0) is 43.4 Å². The number of anilines is 1. The molecule has 0 spiro atoms. The van der Waals surface area contributed by atoms with Crippen LogP contribution in [0.5, 0.6) is 5.88 Å². The molecule has 0 saturated heterocycles. The zero-order chi connectivity index (χ0) is 21.8. The molecule has 1 aliphatic rings.